The lowest BCUT2D eigenvalue weighted by atomic mass is 10.1. The van der Waals surface area contributed by atoms with Gasteiger partial charge in [-0.05, 0) is 13.8 Å². The number of primary amides is 1. The Morgan fingerprint density at radius 1 is 0.867 bits per heavy atom. The van der Waals surface area contributed by atoms with Gasteiger partial charge < -0.3 is 41.0 Å². The molecule has 0 aliphatic carbocycles. The van der Waals surface area contributed by atoms with Gasteiger partial charge in [0, 0.05) is 7.11 Å². The van der Waals surface area contributed by atoms with E-state index in [1.54, 1.807) is 7.11 Å². The molecule has 6 N–H and O–H groups in total. The highest BCUT2D eigenvalue weighted by Crippen LogP contribution is 1.95. The van der Waals surface area contributed by atoms with Crippen molar-refractivity contribution in [3.8, 4) is 0 Å². The summed E-state index contributed by atoms with van der Waals surface area (Å²) < 4.78 is 15.1. The SMILES string of the molecule is COCCOCCOCC(=O)N[C@@H](C)C(=O)N[C@H](C)C(=O)N[C@@H](CC(N)=O)C(=O)O. The maximum atomic E-state index is 12.1. The number of ether oxygens (including phenoxy) is 3. The van der Waals surface area contributed by atoms with Gasteiger partial charge in [-0.15, -0.1) is 0 Å². The molecule has 13 heteroatoms. The Morgan fingerprint density at radius 2 is 1.40 bits per heavy atom. The minimum atomic E-state index is -1.51. The van der Waals surface area contributed by atoms with Crippen LogP contribution < -0.4 is 21.7 Å². The molecule has 0 aliphatic heterocycles. The predicted octanol–water partition coefficient (Wildman–Crippen LogP) is -2.88. The van der Waals surface area contributed by atoms with E-state index in [4.69, 9.17) is 25.1 Å². The van der Waals surface area contributed by atoms with Gasteiger partial charge >= 0.3 is 5.97 Å². The van der Waals surface area contributed by atoms with Crippen LogP contribution in [-0.2, 0) is 38.2 Å². The van der Waals surface area contributed by atoms with Gasteiger partial charge in [0.1, 0.15) is 24.7 Å². The van der Waals surface area contributed by atoms with Gasteiger partial charge in [-0.3, -0.25) is 19.2 Å². The van der Waals surface area contributed by atoms with Gasteiger partial charge in [0.25, 0.3) is 0 Å². The first-order valence-corrected chi connectivity index (χ1v) is 9.14. The van der Waals surface area contributed by atoms with Crippen molar-refractivity contribution in [3.63, 3.8) is 0 Å². The number of nitrogens with one attached hydrogen (secondary N) is 3. The summed E-state index contributed by atoms with van der Waals surface area (Å²) in [6.45, 7) is 3.76. The van der Waals surface area contributed by atoms with Crippen molar-refractivity contribution in [2.24, 2.45) is 5.73 Å². The Bertz CT molecular complexity index is 600. The Morgan fingerprint density at radius 3 is 1.97 bits per heavy atom. The van der Waals surface area contributed by atoms with Crippen LogP contribution in [0.15, 0.2) is 0 Å². The average molecular weight is 434 g/mol. The summed E-state index contributed by atoms with van der Waals surface area (Å²) in [5.41, 5.74) is 4.93. The molecule has 3 atom stereocenters. The first-order valence-electron chi connectivity index (χ1n) is 9.14. The summed E-state index contributed by atoms with van der Waals surface area (Å²) in [7, 11) is 1.55. The van der Waals surface area contributed by atoms with Gasteiger partial charge in [-0.2, -0.15) is 0 Å². The highest BCUT2D eigenvalue weighted by Gasteiger charge is 2.26. The van der Waals surface area contributed by atoms with Gasteiger partial charge in [0.15, 0.2) is 0 Å². The molecule has 0 aromatic heterocycles. The number of carbonyl (C=O) groups is 5. The van der Waals surface area contributed by atoms with Crippen LogP contribution in [0.2, 0.25) is 0 Å². The smallest absolute Gasteiger partial charge is 0.326 e. The maximum absolute atomic E-state index is 12.1. The van der Waals surface area contributed by atoms with Crippen LogP contribution in [0.3, 0.4) is 0 Å². The Labute approximate surface area is 174 Å². The van der Waals surface area contributed by atoms with E-state index >= 15 is 0 Å². The van der Waals surface area contributed by atoms with E-state index in [0.29, 0.717) is 13.2 Å². The van der Waals surface area contributed by atoms with E-state index in [1.165, 1.54) is 13.8 Å². The summed E-state index contributed by atoms with van der Waals surface area (Å²) >= 11 is 0. The number of methoxy groups -OCH3 is 1. The van der Waals surface area contributed by atoms with E-state index in [-0.39, 0.29) is 19.8 Å². The number of nitrogens with two attached hydrogens (primary N) is 1. The Balaban J connectivity index is 4.28. The zero-order valence-corrected chi connectivity index (χ0v) is 17.3. The van der Waals surface area contributed by atoms with E-state index in [2.05, 4.69) is 16.0 Å². The van der Waals surface area contributed by atoms with Crippen LogP contribution in [0.5, 0.6) is 0 Å². The van der Waals surface area contributed by atoms with E-state index in [0.717, 1.165) is 0 Å². The molecule has 0 rings (SSSR count). The number of carboxylic acid groups (broad SMARTS) is 1. The molecular formula is C17H30N4O9. The first-order chi connectivity index (χ1) is 14.1. The highest BCUT2D eigenvalue weighted by atomic mass is 16.5. The van der Waals surface area contributed by atoms with Crippen LogP contribution >= 0.6 is 0 Å². The van der Waals surface area contributed by atoms with Crippen LogP contribution in [0.4, 0.5) is 0 Å². The lowest BCUT2D eigenvalue weighted by Crippen LogP contribution is -2.54. The molecule has 0 radical (unpaired) electrons. The lowest BCUT2D eigenvalue weighted by Gasteiger charge is -2.20. The van der Waals surface area contributed by atoms with Gasteiger partial charge in [0.2, 0.25) is 23.6 Å². The zero-order chi connectivity index (χ0) is 23.1. The fraction of sp³-hybridized carbons (Fsp3) is 0.706. The molecule has 172 valence electrons. The molecule has 0 bridgehead atoms. The van der Waals surface area contributed by atoms with Crippen LogP contribution in [-0.4, -0.2) is 93.0 Å². The van der Waals surface area contributed by atoms with Crippen molar-refractivity contribution in [2.75, 3.05) is 40.1 Å². The normalized spacial score (nSPS) is 13.6. The molecule has 30 heavy (non-hydrogen) atoms. The van der Waals surface area contributed by atoms with Crippen LogP contribution in [0, 0.1) is 0 Å². The van der Waals surface area contributed by atoms with E-state index in [1.807, 2.05) is 0 Å². The third kappa shape index (κ3) is 12.6. The second-order valence-corrected chi connectivity index (χ2v) is 6.25. The largest absolute Gasteiger partial charge is 0.480 e. The Kier molecular flexibility index (Phi) is 13.7. The molecule has 13 nitrogen and oxygen atoms in total. The summed E-state index contributed by atoms with van der Waals surface area (Å²) in [6, 6.07) is -3.61. The standard InChI is InChI=1S/C17H30N4O9/c1-10(19-14(23)9-30-7-6-29-5-4-28-3)15(24)20-11(2)16(25)21-12(17(26)27)8-13(18)22/h10-12H,4-9H2,1-3H3,(H2,18,22)(H,19,23)(H,20,24)(H,21,25)(H,26,27)/t10-,11+,12-/m0/s1. The molecule has 0 heterocycles. The monoisotopic (exact) mass is 434 g/mol. The summed E-state index contributed by atoms with van der Waals surface area (Å²) in [4.78, 5) is 57.8. The Hall–Kier alpha value is -2.77. The van der Waals surface area contributed by atoms with Crippen molar-refractivity contribution >= 4 is 29.6 Å². The average Bonchev–Trinajstić information content (AvgIpc) is 2.65. The molecule has 0 aromatic carbocycles. The van der Waals surface area contributed by atoms with Crippen molar-refractivity contribution < 1.29 is 43.3 Å². The van der Waals surface area contributed by atoms with E-state index < -0.39 is 54.1 Å². The summed E-state index contributed by atoms with van der Waals surface area (Å²) in [5.74, 6) is -4.38. The number of hydrogen-bond donors (Lipinski definition) is 5. The lowest BCUT2D eigenvalue weighted by molar-refractivity contribution is -0.143. The number of aliphatic carboxylic acids is 1. The molecule has 0 aliphatic rings. The van der Waals surface area contributed by atoms with Crippen molar-refractivity contribution in [1.29, 1.82) is 0 Å². The fourth-order valence-corrected chi connectivity index (χ4v) is 1.98. The van der Waals surface area contributed by atoms with Crippen molar-refractivity contribution in [2.45, 2.75) is 38.4 Å². The quantitative estimate of drug-likeness (QED) is 0.158. The second-order valence-electron chi connectivity index (χ2n) is 6.25. The third-order valence-electron chi connectivity index (χ3n) is 3.58. The van der Waals surface area contributed by atoms with E-state index in [9.17, 15) is 24.0 Å². The molecule has 0 unspecified atom stereocenters. The number of carboxylic acids is 1. The molecule has 0 fully saturated rings. The van der Waals surface area contributed by atoms with Gasteiger partial charge in [0.05, 0.1) is 32.8 Å². The van der Waals surface area contributed by atoms with Crippen molar-refractivity contribution in [3.05, 3.63) is 0 Å². The third-order valence-corrected chi connectivity index (χ3v) is 3.58. The molecule has 0 spiro atoms. The van der Waals surface area contributed by atoms with Crippen LogP contribution in [0.1, 0.15) is 20.3 Å². The molecular weight excluding hydrogens is 404 g/mol. The number of amides is 4. The van der Waals surface area contributed by atoms with Crippen molar-refractivity contribution in [1.82, 2.24) is 16.0 Å². The predicted molar refractivity (Wildman–Crippen MR) is 102 cm³/mol. The molecule has 0 aromatic rings. The van der Waals surface area contributed by atoms with Gasteiger partial charge in [-0.25, -0.2) is 4.79 Å². The fourth-order valence-electron chi connectivity index (χ4n) is 1.98. The first kappa shape index (κ1) is 27.2. The number of carbonyl (C=O) groups excluding carboxylic acids is 4. The molecule has 4 amide bonds. The minimum Gasteiger partial charge on any atom is -0.480 e. The van der Waals surface area contributed by atoms with Crippen LogP contribution in [0.25, 0.3) is 0 Å². The minimum absolute atomic E-state index is 0.185. The second kappa shape index (κ2) is 15.1. The van der Waals surface area contributed by atoms with Gasteiger partial charge in [-0.1, -0.05) is 0 Å². The summed E-state index contributed by atoms with van der Waals surface area (Å²) in [5, 5.41) is 15.8. The highest BCUT2D eigenvalue weighted by molar-refractivity contribution is 5.94. The summed E-state index contributed by atoms with van der Waals surface area (Å²) in [6.07, 6.45) is -0.592. The zero-order valence-electron chi connectivity index (χ0n) is 17.3. The number of rotatable bonds is 16. The molecule has 0 saturated carbocycles. The molecule has 0 saturated heterocycles. The topological polar surface area (TPSA) is 195 Å². The number of hydrogen-bond acceptors (Lipinski definition) is 8. The maximum Gasteiger partial charge on any atom is 0.326 e.